The van der Waals surface area contributed by atoms with Gasteiger partial charge in [0, 0.05) is 66.7 Å². The number of cyclic esters (lactones) is 1. The fourth-order valence-electron chi connectivity index (χ4n) is 7.79. The van der Waals surface area contributed by atoms with Crippen LogP contribution in [0, 0.1) is 5.41 Å². The van der Waals surface area contributed by atoms with E-state index in [9.17, 15) is 14.7 Å². The van der Waals surface area contributed by atoms with E-state index in [2.05, 4.69) is 51.1 Å². The lowest BCUT2D eigenvalue weighted by Crippen LogP contribution is -2.60. The summed E-state index contributed by atoms with van der Waals surface area (Å²) in [6.07, 6.45) is 5.25. The number of carbonyl (C=O) groups excluding carboxylic acids is 2. The topological polar surface area (TPSA) is 126 Å². The van der Waals surface area contributed by atoms with Crippen molar-refractivity contribution in [1.82, 2.24) is 24.9 Å². The van der Waals surface area contributed by atoms with Crippen molar-refractivity contribution in [2.45, 2.75) is 70.7 Å². The monoisotopic (exact) mass is 598 g/mol. The van der Waals surface area contributed by atoms with Gasteiger partial charge < -0.3 is 20.1 Å². The van der Waals surface area contributed by atoms with Crippen molar-refractivity contribution in [3.05, 3.63) is 59.4 Å². The van der Waals surface area contributed by atoms with Crippen LogP contribution in [0.4, 0.5) is 0 Å². The quantitative estimate of drug-likeness (QED) is 0.364. The molecule has 232 valence electrons. The molecule has 5 atom stereocenters. The predicted molar refractivity (Wildman–Crippen MR) is 168 cm³/mol. The zero-order valence-electron chi connectivity index (χ0n) is 25.8. The zero-order chi connectivity index (χ0) is 30.7. The highest BCUT2D eigenvalue weighted by Gasteiger charge is 2.46. The molecule has 1 fully saturated rings. The maximum atomic E-state index is 13.4. The van der Waals surface area contributed by atoms with E-state index in [1.54, 1.807) is 6.20 Å². The summed E-state index contributed by atoms with van der Waals surface area (Å²) in [5.74, 6) is -1.00. The number of nitrogens with one attached hydrogen (secondary N) is 1. The molecule has 1 amide bonds. The fraction of sp³-hybridized carbons (Fsp3) is 0.500. The predicted octanol–water partition coefficient (Wildman–Crippen LogP) is 3.35. The first-order chi connectivity index (χ1) is 21.2. The number of nitrogens with zero attached hydrogens (tertiary/aromatic N) is 4. The molecule has 5 heterocycles. The van der Waals surface area contributed by atoms with Crippen molar-refractivity contribution < 1.29 is 19.4 Å². The molecule has 0 radical (unpaired) electrons. The average molecular weight is 599 g/mol. The van der Waals surface area contributed by atoms with Crippen molar-refractivity contribution in [2.24, 2.45) is 11.1 Å². The minimum atomic E-state index is -0.885. The standard InChI is InChI=1S/C34H42N6O4/c1-4-39-26-12-11-20-16-23(26)27-28(31(41)29-22(30(27)39)9-5-13-36-29)34(2,3)19-44-33(43)25-10-7-15-40(37-25)32(42)24(35)18-38-14-6-8-21(20)17-38/h5,8-9,11-13,16,24-25,28,31,37,41H,4,6-7,10,14-15,17-19,35H2,1-3H3/t24?,25-,28?,31-/m0/s1. The Labute approximate surface area is 257 Å². The lowest BCUT2D eigenvalue weighted by molar-refractivity contribution is -0.156. The molecule has 3 aromatic rings. The molecule has 2 aromatic heterocycles. The van der Waals surface area contributed by atoms with Gasteiger partial charge in [-0.25, -0.2) is 5.43 Å². The van der Waals surface area contributed by atoms with Crippen LogP contribution in [-0.2, 0) is 20.9 Å². The summed E-state index contributed by atoms with van der Waals surface area (Å²) in [6, 6.07) is 9.24. The van der Waals surface area contributed by atoms with E-state index in [1.807, 2.05) is 26.0 Å². The second kappa shape index (κ2) is 11.1. The molecule has 1 aliphatic carbocycles. The maximum absolute atomic E-state index is 13.4. The highest BCUT2D eigenvalue weighted by molar-refractivity contribution is 5.96. The Balaban J connectivity index is 1.40. The van der Waals surface area contributed by atoms with Crippen LogP contribution in [0.1, 0.15) is 68.9 Å². The summed E-state index contributed by atoms with van der Waals surface area (Å²) in [5.41, 5.74) is 16.1. The first-order valence-corrected chi connectivity index (χ1v) is 15.9. The molecule has 4 N–H and O–H groups in total. The lowest BCUT2D eigenvalue weighted by Gasteiger charge is -2.41. The molecule has 10 nitrogen and oxygen atoms in total. The molecular formula is C34H42N6O4. The number of nitrogens with two attached hydrogens (primary N) is 1. The molecule has 1 aromatic carbocycles. The summed E-state index contributed by atoms with van der Waals surface area (Å²) in [4.78, 5) is 33.7. The van der Waals surface area contributed by atoms with Crippen LogP contribution >= 0.6 is 0 Å². The molecule has 3 unspecified atom stereocenters. The molecule has 0 saturated carbocycles. The third kappa shape index (κ3) is 4.75. The fourth-order valence-corrected chi connectivity index (χ4v) is 7.79. The SMILES string of the molecule is CCn1c2c3c4cc(ccc41)C1=CCCN(C1)CC(N)C(=O)N1CCC[C@H](N1)C(=O)OCC(C)(C)C3[C@H](O)c1ncccc1-2. The Morgan fingerprint density at radius 3 is 2.86 bits per heavy atom. The van der Waals surface area contributed by atoms with Crippen LogP contribution in [0.15, 0.2) is 42.6 Å². The van der Waals surface area contributed by atoms with Gasteiger partial charge in [0.25, 0.3) is 5.91 Å². The number of hydrogen-bond acceptors (Lipinski definition) is 8. The van der Waals surface area contributed by atoms with Gasteiger partial charge in [-0.3, -0.25) is 24.5 Å². The number of fused-ring (bicyclic) bond motifs is 8. The molecular weight excluding hydrogens is 556 g/mol. The summed E-state index contributed by atoms with van der Waals surface area (Å²) in [7, 11) is 0. The van der Waals surface area contributed by atoms with E-state index < -0.39 is 29.6 Å². The molecule has 1 saturated heterocycles. The third-order valence-corrected chi connectivity index (χ3v) is 9.96. The molecule has 0 spiro atoms. The van der Waals surface area contributed by atoms with Gasteiger partial charge in [-0.05, 0) is 67.2 Å². The Morgan fingerprint density at radius 1 is 1.20 bits per heavy atom. The summed E-state index contributed by atoms with van der Waals surface area (Å²) in [5, 5.41) is 14.6. The van der Waals surface area contributed by atoms with Crippen LogP contribution in [0.25, 0.3) is 27.7 Å². The molecule has 44 heavy (non-hydrogen) atoms. The van der Waals surface area contributed by atoms with Crippen molar-refractivity contribution in [3.63, 3.8) is 0 Å². The number of ether oxygens (including phenoxy) is 1. The molecule has 4 aliphatic rings. The van der Waals surface area contributed by atoms with Crippen molar-refractivity contribution in [2.75, 3.05) is 32.8 Å². The van der Waals surface area contributed by atoms with Gasteiger partial charge in [-0.1, -0.05) is 26.0 Å². The summed E-state index contributed by atoms with van der Waals surface area (Å²) in [6.45, 7) is 9.53. The average Bonchev–Trinajstić information content (AvgIpc) is 3.36. The second-order valence-electron chi connectivity index (χ2n) is 13.4. The number of aliphatic hydroxyl groups is 1. The number of benzene rings is 1. The first kappa shape index (κ1) is 29.2. The van der Waals surface area contributed by atoms with E-state index in [-0.39, 0.29) is 18.4 Å². The van der Waals surface area contributed by atoms with Gasteiger partial charge in [-0.15, -0.1) is 0 Å². The van der Waals surface area contributed by atoms with Gasteiger partial charge in [0.1, 0.15) is 12.1 Å². The molecule has 7 rings (SSSR count). The van der Waals surface area contributed by atoms with Crippen molar-refractivity contribution >= 4 is 28.4 Å². The van der Waals surface area contributed by atoms with E-state index in [0.717, 1.165) is 52.8 Å². The number of aromatic nitrogens is 2. The summed E-state index contributed by atoms with van der Waals surface area (Å²) >= 11 is 0. The number of rotatable bonds is 1. The van der Waals surface area contributed by atoms with Crippen molar-refractivity contribution in [1.29, 1.82) is 0 Å². The number of aliphatic hydroxyl groups excluding tert-OH is 1. The highest BCUT2D eigenvalue weighted by Crippen LogP contribution is 2.55. The number of hydrazine groups is 1. The number of pyridine rings is 1. The minimum Gasteiger partial charge on any atom is -0.464 e. The highest BCUT2D eigenvalue weighted by atomic mass is 16.5. The van der Waals surface area contributed by atoms with Crippen LogP contribution < -0.4 is 11.2 Å². The van der Waals surface area contributed by atoms with Gasteiger partial charge in [0.05, 0.1) is 24.0 Å². The van der Waals surface area contributed by atoms with Crippen LogP contribution in [0.3, 0.4) is 0 Å². The molecule has 3 aliphatic heterocycles. The number of esters is 1. The number of hydrogen-bond donors (Lipinski definition) is 3. The Kier molecular flexibility index (Phi) is 7.36. The largest absolute Gasteiger partial charge is 0.464 e. The third-order valence-electron chi connectivity index (χ3n) is 9.96. The normalized spacial score (nSPS) is 28.6. The Bertz CT molecular complexity index is 1660. The smallest absolute Gasteiger partial charge is 0.324 e. The minimum absolute atomic E-state index is 0.0966. The van der Waals surface area contributed by atoms with Crippen LogP contribution in [-0.4, -0.2) is 81.3 Å². The molecule has 6 bridgehead atoms. The first-order valence-electron chi connectivity index (χ1n) is 15.9. The van der Waals surface area contributed by atoms with Gasteiger partial charge in [0.15, 0.2) is 0 Å². The van der Waals surface area contributed by atoms with E-state index in [0.29, 0.717) is 38.2 Å². The Morgan fingerprint density at radius 2 is 2.05 bits per heavy atom. The maximum Gasteiger partial charge on any atom is 0.324 e. The van der Waals surface area contributed by atoms with Crippen LogP contribution in [0.2, 0.25) is 0 Å². The molecule has 10 heteroatoms. The number of carbonyl (C=O) groups is 2. The van der Waals surface area contributed by atoms with Crippen molar-refractivity contribution in [3.8, 4) is 11.3 Å². The Hall–Kier alpha value is -3.57. The number of amides is 1. The van der Waals surface area contributed by atoms with E-state index in [4.69, 9.17) is 10.5 Å². The lowest BCUT2D eigenvalue weighted by atomic mass is 9.67. The van der Waals surface area contributed by atoms with Gasteiger partial charge in [0.2, 0.25) is 0 Å². The number of aryl methyl sites for hydroxylation is 1. The van der Waals surface area contributed by atoms with Gasteiger partial charge >= 0.3 is 5.97 Å². The van der Waals surface area contributed by atoms with Gasteiger partial charge in [-0.2, -0.15) is 0 Å². The second-order valence-corrected chi connectivity index (χ2v) is 13.4. The van der Waals surface area contributed by atoms with E-state index in [1.165, 1.54) is 10.6 Å². The van der Waals surface area contributed by atoms with E-state index >= 15 is 0 Å². The zero-order valence-corrected chi connectivity index (χ0v) is 25.8. The van der Waals surface area contributed by atoms with Crippen LogP contribution in [0.5, 0.6) is 0 Å². The summed E-state index contributed by atoms with van der Waals surface area (Å²) < 4.78 is 8.33.